The van der Waals surface area contributed by atoms with Gasteiger partial charge in [-0.05, 0) is 42.5 Å². The SMILES string of the molecule is Cc1c(CO)cc(Cl)cc1S(=O)(=O)NCCC(C)C. The first kappa shape index (κ1) is 16.4. The summed E-state index contributed by atoms with van der Waals surface area (Å²) in [6.07, 6.45) is 0.770. The highest BCUT2D eigenvalue weighted by Gasteiger charge is 2.19. The zero-order valence-corrected chi connectivity index (χ0v) is 13.0. The first-order valence-corrected chi connectivity index (χ1v) is 8.03. The van der Waals surface area contributed by atoms with Crippen molar-refractivity contribution in [2.75, 3.05) is 6.54 Å². The number of aliphatic hydroxyl groups is 1. The van der Waals surface area contributed by atoms with E-state index in [9.17, 15) is 13.5 Å². The van der Waals surface area contributed by atoms with E-state index in [1.54, 1.807) is 13.0 Å². The van der Waals surface area contributed by atoms with Crippen LogP contribution in [0.15, 0.2) is 17.0 Å². The third kappa shape index (κ3) is 4.45. The van der Waals surface area contributed by atoms with Gasteiger partial charge in [0.15, 0.2) is 0 Å². The number of hydrogen-bond donors (Lipinski definition) is 2. The van der Waals surface area contributed by atoms with Crippen molar-refractivity contribution in [3.63, 3.8) is 0 Å². The summed E-state index contributed by atoms with van der Waals surface area (Å²) in [7, 11) is -3.59. The lowest BCUT2D eigenvalue weighted by atomic mass is 10.1. The lowest BCUT2D eigenvalue weighted by Crippen LogP contribution is -2.26. The maximum absolute atomic E-state index is 12.2. The monoisotopic (exact) mass is 305 g/mol. The molecule has 0 aliphatic rings. The maximum Gasteiger partial charge on any atom is 0.240 e. The molecule has 2 N–H and O–H groups in total. The van der Waals surface area contributed by atoms with Crippen LogP contribution < -0.4 is 4.72 Å². The van der Waals surface area contributed by atoms with Crippen LogP contribution in [0.25, 0.3) is 0 Å². The molecule has 4 nitrogen and oxygen atoms in total. The van der Waals surface area contributed by atoms with Crippen LogP contribution in [0.3, 0.4) is 0 Å². The van der Waals surface area contributed by atoms with Gasteiger partial charge in [-0.3, -0.25) is 0 Å². The van der Waals surface area contributed by atoms with E-state index in [4.69, 9.17) is 11.6 Å². The molecule has 0 spiro atoms. The van der Waals surface area contributed by atoms with Crippen molar-refractivity contribution in [2.45, 2.75) is 38.7 Å². The van der Waals surface area contributed by atoms with Crippen LogP contribution in [0, 0.1) is 12.8 Å². The molecular formula is C13H20ClNO3S. The Morgan fingerprint density at radius 3 is 2.53 bits per heavy atom. The molecule has 1 aromatic carbocycles. The minimum atomic E-state index is -3.59. The molecule has 0 amide bonds. The van der Waals surface area contributed by atoms with Gasteiger partial charge in [-0.2, -0.15) is 0 Å². The Bertz CT molecular complexity index is 541. The number of halogens is 1. The summed E-state index contributed by atoms with van der Waals surface area (Å²) in [5.74, 6) is 0.427. The van der Waals surface area contributed by atoms with Crippen molar-refractivity contribution in [2.24, 2.45) is 5.92 Å². The smallest absolute Gasteiger partial charge is 0.240 e. The second-order valence-corrected chi connectivity index (χ2v) is 7.10. The number of nitrogens with one attached hydrogen (secondary N) is 1. The Balaban J connectivity index is 3.04. The number of aliphatic hydroxyl groups excluding tert-OH is 1. The predicted octanol–water partition coefficient (Wildman–Crippen LogP) is 2.47. The summed E-state index contributed by atoms with van der Waals surface area (Å²) in [6.45, 7) is 5.88. The van der Waals surface area contributed by atoms with E-state index in [0.29, 0.717) is 28.6 Å². The van der Waals surface area contributed by atoms with Gasteiger partial charge in [0.1, 0.15) is 0 Å². The first-order chi connectivity index (χ1) is 8.77. The number of benzene rings is 1. The molecule has 0 radical (unpaired) electrons. The first-order valence-electron chi connectivity index (χ1n) is 6.17. The molecule has 0 saturated heterocycles. The zero-order chi connectivity index (χ0) is 14.6. The summed E-state index contributed by atoms with van der Waals surface area (Å²) < 4.78 is 27.0. The lowest BCUT2D eigenvalue weighted by molar-refractivity contribution is 0.280. The molecule has 1 rings (SSSR count). The van der Waals surface area contributed by atoms with Crippen molar-refractivity contribution in [3.05, 3.63) is 28.3 Å². The molecule has 0 aromatic heterocycles. The van der Waals surface area contributed by atoms with Crippen molar-refractivity contribution < 1.29 is 13.5 Å². The molecule has 0 heterocycles. The molecular weight excluding hydrogens is 286 g/mol. The fraction of sp³-hybridized carbons (Fsp3) is 0.538. The molecule has 0 fully saturated rings. The molecule has 0 aliphatic heterocycles. The van der Waals surface area contributed by atoms with E-state index in [0.717, 1.165) is 6.42 Å². The highest BCUT2D eigenvalue weighted by Crippen LogP contribution is 2.24. The summed E-state index contributed by atoms with van der Waals surface area (Å²) >= 11 is 5.89. The molecule has 0 atom stereocenters. The summed E-state index contributed by atoms with van der Waals surface area (Å²) in [5.41, 5.74) is 1.06. The average molecular weight is 306 g/mol. The third-order valence-electron chi connectivity index (χ3n) is 2.91. The topological polar surface area (TPSA) is 66.4 Å². The van der Waals surface area contributed by atoms with E-state index in [1.807, 2.05) is 13.8 Å². The van der Waals surface area contributed by atoms with E-state index in [1.165, 1.54) is 6.07 Å². The summed E-state index contributed by atoms with van der Waals surface area (Å²) in [5, 5.41) is 9.51. The number of hydrogen-bond acceptors (Lipinski definition) is 3. The van der Waals surface area contributed by atoms with Gasteiger partial charge in [-0.1, -0.05) is 25.4 Å². The van der Waals surface area contributed by atoms with E-state index >= 15 is 0 Å². The molecule has 108 valence electrons. The number of sulfonamides is 1. The van der Waals surface area contributed by atoms with Gasteiger partial charge in [0.25, 0.3) is 0 Å². The molecule has 0 unspecified atom stereocenters. The van der Waals surface area contributed by atoms with Crippen LogP contribution in [-0.2, 0) is 16.6 Å². The van der Waals surface area contributed by atoms with Crippen molar-refractivity contribution >= 4 is 21.6 Å². The Labute approximate surface area is 119 Å². The van der Waals surface area contributed by atoms with E-state index in [2.05, 4.69) is 4.72 Å². The normalized spacial score (nSPS) is 12.1. The molecule has 0 bridgehead atoms. The van der Waals surface area contributed by atoms with Gasteiger partial charge in [0.05, 0.1) is 11.5 Å². The fourth-order valence-electron chi connectivity index (χ4n) is 1.71. The van der Waals surface area contributed by atoms with Crippen LogP contribution in [-0.4, -0.2) is 20.1 Å². The largest absolute Gasteiger partial charge is 0.392 e. The van der Waals surface area contributed by atoms with Crippen LogP contribution in [0.2, 0.25) is 5.02 Å². The molecule has 6 heteroatoms. The third-order valence-corrected chi connectivity index (χ3v) is 4.71. The van der Waals surface area contributed by atoms with Crippen molar-refractivity contribution in [1.29, 1.82) is 0 Å². The van der Waals surface area contributed by atoms with Gasteiger partial charge in [0, 0.05) is 11.6 Å². The molecule has 0 aliphatic carbocycles. The Kier molecular flexibility index (Phi) is 5.80. The Morgan fingerprint density at radius 2 is 2.00 bits per heavy atom. The highest BCUT2D eigenvalue weighted by atomic mass is 35.5. The van der Waals surface area contributed by atoms with Crippen molar-refractivity contribution in [1.82, 2.24) is 4.72 Å². The molecule has 19 heavy (non-hydrogen) atoms. The van der Waals surface area contributed by atoms with E-state index < -0.39 is 10.0 Å². The van der Waals surface area contributed by atoms with Gasteiger partial charge >= 0.3 is 0 Å². The van der Waals surface area contributed by atoms with Gasteiger partial charge in [-0.15, -0.1) is 0 Å². The highest BCUT2D eigenvalue weighted by molar-refractivity contribution is 7.89. The Morgan fingerprint density at radius 1 is 1.37 bits per heavy atom. The average Bonchev–Trinajstić information content (AvgIpc) is 2.30. The van der Waals surface area contributed by atoms with Crippen LogP contribution in [0.1, 0.15) is 31.4 Å². The second-order valence-electron chi connectivity index (χ2n) is 4.93. The Hall–Kier alpha value is -0.620. The maximum atomic E-state index is 12.2. The van der Waals surface area contributed by atoms with Crippen molar-refractivity contribution in [3.8, 4) is 0 Å². The minimum absolute atomic E-state index is 0.132. The standard InChI is InChI=1S/C13H20ClNO3S/c1-9(2)4-5-15-19(17,18)13-7-12(14)6-11(8-16)10(13)3/h6-7,9,15-16H,4-5,8H2,1-3H3. The van der Waals surface area contributed by atoms with Crippen LogP contribution in [0.5, 0.6) is 0 Å². The van der Waals surface area contributed by atoms with Gasteiger partial charge in [0.2, 0.25) is 10.0 Å². The lowest BCUT2D eigenvalue weighted by Gasteiger charge is -2.13. The second kappa shape index (κ2) is 6.70. The van der Waals surface area contributed by atoms with Gasteiger partial charge in [-0.25, -0.2) is 13.1 Å². The zero-order valence-electron chi connectivity index (χ0n) is 11.4. The minimum Gasteiger partial charge on any atom is -0.392 e. The fourth-order valence-corrected chi connectivity index (χ4v) is 3.38. The predicted molar refractivity (Wildman–Crippen MR) is 76.8 cm³/mol. The summed E-state index contributed by atoms with van der Waals surface area (Å²) in [6, 6.07) is 2.98. The quantitative estimate of drug-likeness (QED) is 0.848. The number of rotatable bonds is 6. The van der Waals surface area contributed by atoms with Crippen LogP contribution in [0.4, 0.5) is 0 Å². The molecule has 1 aromatic rings. The van der Waals surface area contributed by atoms with Gasteiger partial charge < -0.3 is 5.11 Å². The summed E-state index contributed by atoms with van der Waals surface area (Å²) in [4.78, 5) is 0.132. The van der Waals surface area contributed by atoms with E-state index in [-0.39, 0.29) is 11.5 Å². The molecule has 0 saturated carbocycles. The van der Waals surface area contributed by atoms with Crippen LogP contribution >= 0.6 is 11.6 Å².